The summed E-state index contributed by atoms with van der Waals surface area (Å²) in [6.07, 6.45) is 0. The van der Waals surface area contributed by atoms with E-state index < -0.39 is 0 Å². The van der Waals surface area contributed by atoms with Crippen LogP contribution in [-0.4, -0.2) is 0 Å². The second kappa shape index (κ2) is 4.31. The molecule has 0 radical (unpaired) electrons. The lowest BCUT2D eigenvalue weighted by molar-refractivity contribution is 0.558. The molecule has 0 aromatic heterocycles. The molecule has 0 heterocycles. The lowest BCUT2D eigenvalue weighted by Crippen LogP contribution is -2.05. The Bertz CT molecular complexity index is 308. The van der Waals surface area contributed by atoms with E-state index in [1.807, 2.05) is 33.8 Å². The van der Waals surface area contributed by atoms with Crippen LogP contribution in [0.1, 0.15) is 35.9 Å². The van der Waals surface area contributed by atoms with E-state index in [9.17, 15) is 4.39 Å². The molecule has 1 aromatic rings. The Kier molecular flexibility index (Phi) is 3.54. The van der Waals surface area contributed by atoms with E-state index in [1.165, 1.54) is 0 Å². The van der Waals surface area contributed by atoms with Crippen LogP contribution in [0.25, 0.3) is 0 Å². The standard InChI is InChI=1S/C12H16ClF/c1-7(2)12(13)11-9(4)5-8(3)6-10(11)14/h5-7,12H,1-4H3. The Morgan fingerprint density at radius 2 is 1.79 bits per heavy atom. The minimum absolute atomic E-state index is 0.184. The molecule has 0 fully saturated rings. The van der Waals surface area contributed by atoms with Crippen LogP contribution >= 0.6 is 11.6 Å². The molecule has 0 N–H and O–H groups in total. The van der Waals surface area contributed by atoms with Gasteiger partial charge in [-0.05, 0) is 37.0 Å². The molecular weight excluding hydrogens is 199 g/mol. The van der Waals surface area contributed by atoms with Gasteiger partial charge in [-0.3, -0.25) is 0 Å². The lowest BCUT2D eigenvalue weighted by Gasteiger charge is -2.17. The fourth-order valence-electron chi connectivity index (χ4n) is 1.61. The summed E-state index contributed by atoms with van der Waals surface area (Å²) in [4.78, 5) is 0. The highest BCUT2D eigenvalue weighted by molar-refractivity contribution is 6.21. The highest BCUT2D eigenvalue weighted by Crippen LogP contribution is 2.33. The molecule has 0 saturated carbocycles. The first-order valence-electron chi connectivity index (χ1n) is 4.84. The molecule has 0 nitrogen and oxygen atoms in total. The van der Waals surface area contributed by atoms with Gasteiger partial charge in [0.15, 0.2) is 0 Å². The van der Waals surface area contributed by atoms with Crippen LogP contribution in [0.4, 0.5) is 4.39 Å². The largest absolute Gasteiger partial charge is 0.207 e. The van der Waals surface area contributed by atoms with E-state index in [1.54, 1.807) is 6.07 Å². The SMILES string of the molecule is Cc1cc(C)c(C(Cl)C(C)C)c(F)c1. The number of aryl methyl sites for hydroxylation is 2. The minimum atomic E-state index is -0.240. The van der Waals surface area contributed by atoms with Crippen molar-refractivity contribution in [1.29, 1.82) is 0 Å². The van der Waals surface area contributed by atoms with Gasteiger partial charge < -0.3 is 0 Å². The Labute approximate surface area is 90.1 Å². The molecule has 1 rings (SSSR count). The van der Waals surface area contributed by atoms with Gasteiger partial charge in [0.05, 0.1) is 5.38 Å². The summed E-state index contributed by atoms with van der Waals surface area (Å²) in [6.45, 7) is 7.79. The first-order valence-corrected chi connectivity index (χ1v) is 5.28. The Morgan fingerprint density at radius 3 is 2.21 bits per heavy atom. The van der Waals surface area contributed by atoms with Crippen molar-refractivity contribution in [3.8, 4) is 0 Å². The molecule has 78 valence electrons. The number of hydrogen-bond donors (Lipinski definition) is 0. The topological polar surface area (TPSA) is 0 Å². The highest BCUT2D eigenvalue weighted by atomic mass is 35.5. The predicted molar refractivity (Wildman–Crippen MR) is 59.3 cm³/mol. The average Bonchev–Trinajstić information content (AvgIpc) is 2.01. The van der Waals surface area contributed by atoms with Crippen LogP contribution in [-0.2, 0) is 0 Å². The smallest absolute Gasteiger partial charge is 0.128 e. The van der Waals surface area contributed by atoms with Crippen LogP contribution in [0.5, 0.6) is 0 Å². The van der Waals surface area contributed by atoms with Gasteiger partial charge in [0.2, 0.25) is 0 Å². The zero-order chi connectivity index (χ0) is 10.9. The molecule has 1 aromatic carbocycles. The zero-order valence-corrected chi connectivity index (χ0v) is 9.82. The summed E-state index contributed by atoms with van der Waals surface area (Å²) < 4.78 is 13.6. The van der Waals surface area contributed by atoms with Crippen molar-refractivity contribution in [1.82, 2.24) is 0 Å². The maximum absolute atomic E-state index is 13.6. The van der Waals surface area contributed by atoms with Gasteiger partial charge in [0.25, 0.3) is 0 Å². The molecule has 0 bridgehead atoms. The average molecular weight is 215 g/mol. The van der Waals surface area contributed by atoms with Crippen LogP contribution in [0, 0.1) is 25.6 Å². The number of rotatable bonds is 2. The second-order valence-electron chi connectivity index (χ2n) is 4.12. The van der Waals surface area contributed by atoms with Gasteiger partial charge >= 0.3 is 0 Å². The Hall–Kier alpha value is -0.560. The van der Waals surface area contributed by atoms with Crippen molar-refractivity contribution in [3.63, 3.8) is 0 Å². The van der Waals surface area contributed by atoms with Gasteiger partial charge in [0.1, 0.15) is 5.82 Å². The van der Waals surface area contributed by atoms with Crippen molar-refractivity contribution in [2.45, 2.75) is 33.1 Å². The zero-order valence-electron chi connectivity index (χ0n) is 9.07. The van der Waals surface area contributed by atoms with E-state index in [-0.39, 0.29) is 17.1 Å². The first kappa shape index (κ1) is 11.5. The fourth-order valence-corrected chi connectivity index (χ4v) is 1.89. The van der Waals surface area contributed by atoms with E-state index in [0.29, 0.717) is 5.56 Å². The van der Waals surface area contributed by atoms with Crippen LogP contribution in [0.3, 0.4) is 0 Å². The number of halogens is 2. The van der Waals surface area contributed by atoms with Crippen molar-refractivity contribution in [2.75, 3.05) is 0 Å². The minimum Gasteiger partial charge on any atom is -0.207 e. The Morgan fingerprint density at radius 1 is 1.21 bits per heavy atom. The maximum Gasteiger partial charge on any atom is 0.128 e. The molecule has 0 aliphatic heterocycles. The van der Waals surface area contributed by atoms with E-state index in [2.05, 4.69) is 0 Å². The number of benzene rings is 1. The summed E-state index contributed by atoms with van der Waals surface area (Å²) in [5.41, 5.74) is 2.53. The van der Waals surface area contributed by atoms with Crippen molar-refractivity contribution >= 4 is 11.6 Å². The number of alkyl halides is 1. The molecule has 1 unspecified atom stereocenters. The molecule has 0 amide bonds. The summed E-state index contributed by atoms with van der Waals surface area (Å²) in [7, 11) is 0. The van der Waals surface area contributed by atoms with Crippen LogP contribution in [0.15, 0.2) is 12.1 Å². The fraction of sp³-hybridized carbons (Fsp3) is 0.500. The van der Waals surface area contributed by atoms with E-state index >= 15 is 0 Å². The van der Waals surface area contributed by atoms with Gasteiger partial charge in [-0.25, -0.2) is 4.39 Å². The normalized spacial score (nSPS) is 13.4. The quantitative estimate of drug-likeness (QED) is 0.641. The lowest BCUT2D eigenvalue weighted by atomic mass is 9.96. The molecule has 0 saturated heterocycles. The summed E-state index contributed by atoms with van der Waals surface area (Å²) in [5.74, 6) is 0.0590. The molecule has 0 aliphatic rings. The highest BCUT2D eigenvalue weighted by Gasteiger charge is 2.18. The van der Waals surface area contributed by atoms with Gasteiger partial charge in [-0.15, -0.1) is 11.6 Å². The molecule has 1 atom stereocenters. The summed E-state index contributed by atoms with van der Waals surface area (Å²) in [5, 5.41) is -0.240. The molecular formula is C12H16ClF. The monoisotopic (exact) mass is 214 g/mol. The second-order valence-corrected chi connectivity index (χ2v) is 4.59. The molecule has 14 heavy (non-hydrogen) atoms. The van der Waals surface area contributed by atoms with Gasteiger partial charge in [0, 0.05) is 5.56 Å². The van der Waals surface area contributed by atoms with Crippen LogP contribution in [0.2, 0.25) is 0 Å². The molecule has 2 heteroatoms. The summed E-state index contributed by atoms with van der Waals surface area (Å²) >= 11 is 6.16. The predicted octanol–water partition coefficient (Wildman–Crippen LogP) is 4.38. The van der Waals surface area contributed by atoms with Crippen molar-refractivity contribution in [2.24, 2.45) is 5.92 Å². The molecule has 0 spiro atoms. The first-order chi connectivity index (χ1) is 6.43. The Balaban J connectivity index is 3.20. The van der Waals surface area contributed by atoms with E-state index in [0.717, 1.165) is 11.1 Å². The third kappa shape index (κ3) is 2.27. The van der Waals surface area contributed by atoms with E-state index in [4.69, 9.17) is 11.6 Å². The van der Waals surface area contributed by atoms with Gasteiger partial charge in [-0.1, -0.05) is 19.9 Å². The third-order valence-electron chi connectivity index (χ3n) is 2.34. The van der Waals surface area contributed by atoms with Crippen molar-refractivity contribution < 1.29 is 4.39 Å². The number of hydrogen-bond acceptors (Lipinski definition) is 0. The maximum atomic E-state index is 13.6. The van der Waals surface area contributed by atoms with Crippen LogP contribution < -0.4 is 0 Å². The third-order valence-corrected chi connectivity index (χ3v) is 3.06. The molecule has 0 aliphatic carbocycles. The van der Waals surface area contributed by atoms with Gasteiger partial charge in [-0.2, -0.15) is 0 Å². The summed E-state index contributed by atoms with van der Waals surface area (Å²) in [6, 6.07) is 3.51. The van der Waals surface area contributed by atoms with Crippen molar-refractivity contribution in [3.05, 3.63) is 34.6 Å².